The average molecular weight is 422 g/mol. The number of aromatic nitrogens is 1. The van der Waals surface area contributed by atoms with E-state index in [-0.39, 0.29) is 17.9 Å². The molecule has 2 aliphatic rings. The molecule has 1 aromatic heterocycles. The Hall–Kier alpha value is -3.09. The maximum absolute atomic E-state index is 12.7. The summed E-state index contributed by atoms with van der Waals surface area (Å²) in [6.07, 6.45) is 3.48. The van der Waals surface area contributed by atoms with Crippen LogP contribution in [0, 0.1) is 6.92 Å². The number of para-hydroxylation sites is 1. The highest BCUT2D eigenvalue weighted by Crippen LogP contribution is 2.27. The van der Waals surface area contributed by atoms with Crippen molar-refractivity contribution in [2.24, 2.45) is 0 Å². The molecule has 164 valence electrons. The Morgan fingerprint density at radius 1 is 1.10 bits per heavy atom. The van der Waals surface area contributed by atoms with Gasteiger partial charge in [-0.05, 0) is 50.1 Å². The number of anilines is 2. The molecule has 0 N–H and O–H groups in total. The maximum atomic E-state index is 12.7. The lowest BCUT2D eigenvalue weighted by Crippen LogP contribution is -2.49. The van der Waals surface area contributed by atoms with Gasteiger partial charge in [-0.25, -0.2) is 4.98 Å². The van der Waals surface area contributed by atoms with Crippen LogP contribution in [0.5, 0.6) is 0 Å². The molecule has 0 bridgehead atoms. The third-order valence-corrected chi connectivity index (χ3v) is 6.07. The van der Waals surface area contributed by atoms with Crippen LogP contribution in [0.1, 0.15) is 31.7 Å². The van der Waals surface area contributed by atoms with E-state index in [0.717, 1.165) is 24.6 Å². The number of pyridine rings is 1. The van der Waals surface area contributed by atoms with E-state index in [2.05, 4.69) is 34.8 Å². The Morgan fingerprint density at radius 2 is 1.84 bits per heavy atom. The summed E-state index contributed by atoms with van der Waals surface area (Å²) in [6, 6.07) is 14.2. The van der Waals surface area contributed by atoms with Gasteiger partial charge in [-0.2, -0.15) is 0 Å². The topological polar surface area (TPSA) is 60.0 Å². The number of hydrazine groups is 1. The SMILES string of the molecule is Cc1ccnc(N2CCN(C(=O)CCCN3C(=O)CC(C)N3c3ccccc3)CC2)c1. The first-order valence-electron chi connectivity index (χ1n) is 11.1. The van der Waals surface area contributed by atoms with E-state index in [1.165, 1.54) is 5.56 Å². The quantitative estimate of drug-likeness (QED) is 0.718. The molecule has 0 spiro atoms. The highest BCUT2D eigenvalue weighted by atomic mass is 16.2. The molecule has 7 heteroatoms. The number of aryl methyl sites for hydroxylation is 1. The van der Waals surface area contributed by atoms with Gasteiger partial charge in [0.15, 0.2) is 0 Å². The number of amides is 2. The second-order valence-electron chi connectivity index (χ2n) is 8.41. The second kappa shape index (κ2) is 9.37. The smallest absolute Gasteiger partial charge is 0.243 e. The van der Waals surface area contributed by atoms with E-state index in [9.17, 15) is 9.59 Å². The highest BCUT2D eigenvalue weighted by molar-refractivity contribution is 5.83. The molecule has 0 radical (unpaired) electrons. The number of carbonyl (C=O) groups excluding carboxylic acids is 2. The minimum absolute atomic E-state index is 0.128. The third-order valence-electron chi connectivity index (χ3n) is 6.07. The number of carbonyl (C=O) groups is 2. The molecule has 1 unspecified atom stereocenters. The van der Waals surface area contributed by atoms with Gasteiger partial charge in [0.2, 0.25) is 11.8 Å². The van der Waals surface area contributed by atoms with Gasteiger partial charge in [-0.1, -0.05) is 18.2 Å². The summed E-state index contributed by atoms with van der Waals surface area (Å²) in [6.45, 7) is 7.72. The van der Waals surface area contributed by atoms with Crippen molar-refractivity contribution in [3.63, 3.8) is 0 Å². The van der Waals surface area contributed by atoms with Crippen LogP contribution in [0.2, 0.25) is 0 Å². The lowest BCUT2D eigenvalue weighted by molar-refractivity contribution is -0.133. The van der Waals surface area contributed by atoms with Crippen molar-refractivity contribution in [1.82, 2.24) is 14.9 Å². The summed E-state index contributed by atoms with van der Waals surface area (Å²) in [4.78, 5) is 33.9. The normalized spacial score (nSPS) is 19.3. The van der Waals surface area contributed by atoms with Gasteiger partial charge in [0.05, 0.1) is 18.2 Å². The first-order valence-corrected chi connectivity index (χ1v) is 11.1. The molecule has 2 saturated heterocycles. The summed E-state index contributed by atoms with van der Waals surface area (Å²) in [5, 5.41) is 3.88. The van der Waals surface area contributed by atoms with Crippen molar-refractivity contribution in [2.45, 2.75) is 39.2 Å². The van der Waals surface area contributed by atoms with Crippen molar-refractivity contribution < 1.29 is 9.59 Å². The van der Waals surface area contributed by atoms with E-state index < -0.39 is 0 Å². The first-order chi connectivity index (χ1) is 15.0. The van der Waals surface area contributed by atoms with Crippen molar-refractivity contribution in [2.75, 3.05) is 42.6 Å². The Labute approximate surface area is 184 Å². The van der Waals surface area contributed by atoms with Gasteiger partial charge in [-0.3, -0.25) is 19.6 Å². The monoisotopic (exact) mass is 421 g/mol. The van der Waals surface area contributed by atoms with Crippen LogP contribution in [0.4, 0.5) is 11.5 Å². The Balaban J connectivity index is 1.27. The zero-order valence-electron chi connectivity index (χ0n) is 18.4. The van der Waals surface area contributed by atoms with Gasteiger partial charge >= 0.3 is 0 Å². The van der Waals surface area contributed by atoms with Crippen LogP contribution in [-0.4, -0.2) is 65.5 Å². The molecule has 0 saturated carbocycles. The van der Waals surface area contributed by atoms with Crippen molar-refractivity contribution in [1.29, 1.82) is 0 Å². The highest BCUT2D eigenvalue weighted by Gasteiger charge is 2.35. The fourth-order valence-electron chi connectivity index (χ4n) is 4.43. The summed E-state index contributed by atoms with van der Waals surface area (Å²) in [5.74, 6) is 1.28. The van der Waals surface area contributed by atoms with E-state index in [1.54, 1.807) is 0 Å². The molecular weight excluding hydrogens is 390 g/mol. The zero-order valence-corrected chi connectivity index (χ0v) is 18.4. The minimum atomic E-state index is 0.128. The van der Waals surface area contributed by atoms with Crippen molar-refractivity contribution in [3.8, 4) is 0 Å². The molecule has 7 nitrogen and oxygen atoms in total. The average Bonchev–Trinajstić information content (AvgIpc) is 3.07. The van der Waals surface area contributed by atoms with Crippen LogP contribution in [-0.2, 0) is 9.59 Å². The molecular formula is C24H31N5O2. The number of hydrogen-bond donors (Lipinski definition) is 0. The van der Waals surface area contributed by atoms with Crippen molar-refractivity contribution in [3.05, 3.63) is 54.2 Å². The molecule has 3 heterocycles. The van der Waals surface area contributed by atoms with Gasteiger partial charge in [0.1, 0.15) is 5.82 Å². The number of hydrogen-bond acceptors (Lipinski definition) is 5. The van der Waals surface area contributed by atoms with Gasteiger partial charge in [0, 0.05) is 45.3 Å². The second-order valence-corrected chi connectivity index (χ2v) is 8.41. The van der Waals surface area contributed by atoms with Gasteiger partial charge < -0.3 is 9.80 Å². The number of benzene rings is 1. The zero-order chi connectivity index (χ0) is 21.8. The number of piperazine rings is 1. The molecule has 2 fully saturated rings. The molecule has 31 heavy (non-hydrogen) atoms. The lowest BCUT2D eigenvalue weighted by atomic mass is 10.2. The predicted molar refractivity (Wildman–Crippen MR) is 122 cm³/mol. The summed E-state index contributed by atoms with van der Waals surface area (Å²) in [5.41, 5.74) is 2.21. The van der Waals surface area contributed by atoms with Crippen LogP contribution in [0.25, 0.3) is 0 Å². The van der Waals surface area contributed by atoms with Gasteiger partial charge in [0.25, 0.3) is 0 Å². The molecule has 0 aliphatic carbocycles. The Bertz CT molecular complexity index is 911. The standard InChI is InChI=1S/C24H31N5O2/c1-19-10-11-25-22(17-19)26-13-15-27(16-14-26)23(30)9-6-12-28-24(31)18-20(2)29(28)21-7-4-3-5-8-21/h3-5,7-8,10-11,17,20H,6,9,12-16,18H2,1-2H3. The maximum Gasteiger partial charge on any atom is 0.243 e. The number of nitrogens with zero attached hydrogens (tertiary/aromatic N) is 5. The summed E-state index contributed by atoms with van der Waals surface area (Å²) in [7, 11) is 0. The van der Waals surface area contributed by atoms with Crippen LogP contribution in [0.3, 0.4) is 0 Å². The third kappa shape index (κ3) is 4.81. The van der Waals surface area contributed by atoms with E-state index >= 15 is 0 Å². The largest absolute Gasteiger partial charge is 0.353 e. The lowest BCUT2D eigenvalue weighted by Gasteiger charge is -2.36. The van der Waals surface area contributed by atoms with Crippen LogP contribution < -0.4 is 9.91 Å². The molecule has 4 rings (SSSR count). The molecule has 2 amide bonds. The Kier molecular flexibility index (Phi) is 6.39. The number of rotatable bonds is 6. The fourth-order valence-corrected chi connectivity index (χ4v) is 4.43. The minimum Gasteiger partial charge on any atom is -0.353 e. The van der Waals surface area contributed by atoms with E-state index in [4.69, 9.17) is 0 Å². The fraction of sp³-hybridized carbons (Fsp3) is 0.458. The van der Waals surface area contributed by atoms with Crippen LogP contribution in [0.15, 0.2) is 48.7 Å². The molecule has 1 atom stereocenters. The van der Waals surface area contributed by atoms with Crippen LogP contribution >= 0.6 is 0 Å². The van der Waals surface area contributed by atoms with E-state index in [1.807, 2.05) is 52.5 Å². The molecule has 2 aliphatic heterocycles. The van der Waals surface area contributed by atoms with Crippen molar-refractivity contribution >= 4 is 23.3 Å². The first kappa shape index (κ1) is 21.2. The van der Waals surface area contributed by atoms with E-state index in [0.29, 0.717) is 38.9 Å². The summed E-state index contributed by atoms with van der Waals surface area (Å²) >= 11 is 0. The predicted octanol–water partition coefficient (Wildman–Crippen LogP) is 2.86. The van der Waals surface area contributed by atoms with Gasteiger partial charge in [-0.15, -0.1) is 0 Å². The summed E-state index contributed by atoms with van der Waals surface area (Å²) < 4.78 is 0. The molecule has 1 aromatic carbocycles. The Morgan fingerprint density at radius 3 is 2.55 bits per heavy atom. The molecule has 2 aromatic rings.